The molecular weight excluding hydrogens is 386 g/mol. The van der Waals surface area contributed by atoms with Crippen molar-refractivity contribution in [1.82, 2.24) is 9.88 Å². The summed E-state index contributed by atoms with van der Waals surface area (Å²) in [6.45, 7) is 7.08. The number of carbonyl (C=O) groups excluding carboxylic acids is 1. The Morgan fingerprint density at radius 1 is 0.839 bits per heavy atom. The maximum atomic E-state index is 12.6. The van der Waals surface area contributed by atoms with Crippen molar-refractivity contribution >= 4 is 11.8 Å². The molecule has 5 nitrogen and oxygen atoms in total. The minimum absolute atomic E-state index is 0.157. The lowest BCUT2D eigenvalue weighted by Gasteiger charge is -2.40. The molecule has 0 saturated carbocycles. The van der Waals surface area contributed by atoms with Crippen LogP contribution in [0.15, 0.2) is 79.0 Å². The minimum atomic E-state index is -0.313. The molecule has 2 aromatic carbocycles. The van der Waals surface area contributed by atoms with E-state index in [1.165, 1.54) is 11.1 Å². The molecule has 0 spiro atoms. The van der Waals surface area contributed by atoms with Crippen molar-refractivity contribution in [2.75, 3.05) is 31.1 Å². The quantitative estimate of drug-likeness (QED) is 0.553. The molecule has 160 valence electrons. The van der Waals surface area contributed by atoms with Crippen molar-refractivity contribution in [3.63, 3.8) is 0 Å². The molecule has 0 bridgehead atoms. The van der Waals surface area contributed by atoms with Crippen LogP contribution in [-0.4, -0.2) is 48.1 Å². The molecule has 0 N–H and O–H groups in total. The Kier molecular flexibility index (Phi) is 6.63. The van der Waals surface area contributed by atoms with Gasteiger partial charge in [-0.2, -0.15) is 0 Å². The summed E-state index contributed by atoms with van der Waals surface area (Å²) in [6, 6.07) is 25.1. The van der Waals surface area contributed by atoms with Gasteiger partial charge in [0, 0.05) is 32.4 Å². The highest BCUT2D eigenvalue weighted by molar-refractivity contribution is 5.94. The zero-order valence-corrected chi connectivity index (χ0v) is 18.1. The van der Waals surface area contributed by atoms with E-state index >= 15 is 0 Å². The Bertz CT molecular complexity index is 944. The first-order chi connectivity index (χ1) is 15.1. The molecule has 0 aliphatic carbocycles. The van der Waals surface area contributed by atoms with Gasteiger partial charge in [-0.05, 0) is 37.1 Å². The number of anilines is 1. The third-order valence-electron chi connectivity index (χ3n) is 5.56. The number of esters is 1. The normalized spacial score (nSPS) is 14.8. The standard InChI is InChI=1S/C26H29N3O2/c1-20(2)31-26(30)23-14-9-15-27-25(23)29-18-16-28(17-19-29)24(21-10-5-3-6-11-21)22-12-7-4-8-13-22/h3-15,20,24H,16-19H2,1-2H3. The Morgan fingerprint density at radius 2 is 1.42 bits per heavy atom. The minimum Gasteiger partial charge on any atom is -0.459 e. The first-order valence-corrected chi connectivity index (χ1v) is 10.9. The van der Waals surface area contributed by atoms with Gasteiger partial charge in [-0.25, -0.2) is 9.78 Å². The van der Waals surface area contributed by atoms with Crippen LogP contribution in [0, 0.1) is 0 Å². The van der Waals surface area contributed by atoms with Crippen molar-refractivity contribution in [3.8, 4) is 0 Å². The Morgan fingerprint density at radius 3 is 1.97 bits per heavy atom. The van der Waals surface area contributed by atoms with Crippen LogP contribution < -0.4 is 4.90 Å². The molecule has 0 amide bonds. The molecule has 5 heteroatoms. The number of carbonyl (C=O) groups is 1. The highest BCUT2D eigenvalue weighted by atomic mass is 16.5. The van der Waals surface area contributed by atoms with Gasteiger partial charge in [0.2, 0.25) is 0 Å². The number of hydrogen-bond acceptors (Lipinski definition) is 5. The van der Waals surface area contributed by atoms with Crippen molar-refractivity contribution in [3.05, 3.63) is 95.7 Å². The van der Waals surface area contributed by atoms with Crippen molar-refractivity contribution in [2.24, 2.45) is 0 Å². The lowest BCUT2D eigenvalue weighted by Crippen LogP contribution is -2.48. The van der Waals surface area contributed by atoms with E-state index in [1.807, 2.05) is 13.8 Å². The van der Waals surface area contributed by atoms with Crippen LogP contribution in [0.25, 0.3) is 0 Å². The molecule has 0 radical (unpaired) electrons. The third-order valence-corrected chi connectivity index (χ3v) is 5.56. The van der Waals surface area contributed by atoms with Crippen molar-refractivity contribution in [1.29, 1.82) is 0 Å². The summed E-state index contributed by atoms with van der Waals surface area (Å²) in [5.41, 5.74) is 3.12. The lowest BCUT2D eigenvalue weighted by atomic mass is 9.96. The molecular formula is C26H29N3O2. The largest absolute Gasteiger partial charge is 0.459 e. The third kappa shape index (κ3) is 4.94. The molecule has 2 heterocycles. The summed E-state index contributed by atoms with van der Waals surface area (Å²) in [5, 5.41) is 0. The molecule has 4 rings (SSSR count). The Labute approximate surface area is 184 Å². The monoisotopic (exact) mass is 415 g/mol. The number of aromatic nitrogens is 1. The second kappa shape index (κ2) is 9.75. The number of pyridine rings is 1. The second-order valence-corrected chi connectivity index (χ2v) is 8.08. The molecule has 1 fully saturated rings. The summed E-state index contributed by atoms with van der Waals surface area (Å²) in [4.78, 5) is 21.8. The maximum Gasteiger partial charge on any atom is 0.342 e. The second-order valence-electron chi connectivity index (χ2n) is 8.08. The average molecular weight is 416 g/mol. The van der Waals surface area contributed by atoms with E-state index < -0.39 is 0 Å². The average Bonchev–Trinajstić information content (AvgIpc) is 2.81. The molecule has 1 aromatic heterocycles. The Balaban J connectivity index is 1.54. The number of ether oxygens (including phenoxy) is 1. The van der Waals surface area contributed by atoms with Gasteiger partial charge in [-0.3, -0.25) is 4.90 Å². The molecule has 0 unspecified atom stereocenters. The Hall–Kier alpha value is -3.18. The molecule has 1 aliphatic heterocycles. The fourth-order valence-electron chi connectivity index (χ4n) is 4.16. The van der Waals surface area contributed by atoms with Gasteiger partial charge in [0.05, 0.1) is 12.1 Å². The first-order valence-electron chi connectivity index (χ1n) is 10.9. The highest BCUT2D eigenvalue weighted by Crippen LogP contribution is 2.30. The lowest BCUT2D eigenvalue weighted by molar-refractivity contribution is 0.0378. The van der Waals surface area contributed by atoms with Crippen LogP contribution in [0.5, 0.6) is 0 Å². The summed E-state index contributed by atoms with van der Waals surface area (Å²) >= 11 is 0. The van der Waals surface area contributed by atoms with Crippen molar-refractivity contribution in [2.45, 2.75) is 26.0 Å². The summed E-state index contributed by atoms with van der Waals surface area (Å²) in [5.74, 6) is 0.399. The van der Waals surface area contributed by atoms with Gasteiger partial charge >= 0.3 is 5.97 Å². The van der Waals surface area contributed by atoms with Crippen LogP contribution >= 0.6 is 0 Å². The molecule has 31 heavy (non-hydrogen) atoms. The SMILES string of the molecule is CC(C)OC(=O)c1cccnc1N1CCN(C(c2ccccc2)c2ccccc2)CC1. The predicted octanol–water partition coefficient (Wildman–Crippen LogP) is 4.56. The highest BCUT2D eigenvalue weighted by Gasteiger charge is 2.28. The van der Waals surface area contributed by atoms with Gasteiger partial charge in [0.15, 0.2) is 0 Å². The summed E-state index contributed by atoms with van der Waals surface area (Å²) in [7, 11) is 0. The van der Waals surface area contributed by atoms with Crippen LogP contribution in [0.2, 0.25) is 0 Å². The number of rotatable bonds is 6. The van der Waals surface area contributed by atoms with Crippen LogP contribution in [0.3, 0.4) is 0 Å². The fraction of sp³-hybridized carbons (Fsp3) is 0.308. The van der Waals surface area contributed by atoms with Gasteiger partial charge < -0.3 is 9.64 Å². The van der Waals surface area contributed by atoms with Gasteiger partial charge in [0.1, 0.15) is 11.4 Å². The van der Waals surface area contributed by atoms with E-state index in [4.69, 9.17) is 4.74 Å². The van der Waals surface area contributed by atoms with Crippen LogP contribution in [0.4, 0.5) is 5.82 Å². The van der Waals surface area contributed by atoms with E-state index in [-0.39, 0.29) is 18.1 Å². The molecule has 1 aliphatic rings. The number of benzene rings is 2. The summed E-state index contributed by atoms with van der Waals surface area (Å²) < 4.78 is 5.43. The van der Waals surface area contributed by atoms with E-state index in [0.29, 0.717) is 11.4 Å². The van der Waals surface area contributed by atoms with Gasteiger partial charge in [-0.15, -0.1) is 0 Å². The van der Waals surface area contributed by atoms with E-state index in [1.54, 1.807) is 18.3 Å². The topological polar surface area (TPSA) is 45.7 Å². The molecule has 3 aromatic rings. The van der Waals surface area contributed by atoms with E-state index in [9.17, 15) is 4.79 Å². The van der Waals surface area contributed by atoms with Crippen LogP contribution in [0.1, 0.15) is 41.4 Å². The number of piperazine rings is 1. The first kappa shape index (κ1) is 21.1. The summed E-state index contributed by atoms with van der Waals surface area (Å²) in [6.07, 6.45) is 1.58. The molecule has 0 atom stereocenters. The zero-order valence-electron chi connectivity index (χ0n) is 18.1. The van der Waals surface area contributed by atoms with Crippen molar-refractivity contribution < 1.29 is 9.53 Å². The fourth-order valence-corrected chi connectivity index (χ4v) is 4.16. The number of nitrogens with zero attached hydrogens (tertiary/aromatic N) is 3. The smallest absolute Gasteiger partial charge is 0.342 e. The number of hydrogen-bond donors (Lipinski definition) is 0. The zero-order chi connectivity index (χ0) is 21.6. The van der Waals surface area contributed by atoms with Gasteiger partial charge in [-0.1, -0.05) is 60.7 Å². The van der Waals surface area contributed by atoms with E-state index in [2.05, 4.69) is 75.4 Å². The predicted molar refractivity (Wildman–Crippen MR) is 123 cm³/mol. The maximum absolute atomic E-state index is 12.6. The van der Waals surface area contributed by atoms with Gasteiger partial charge in [0.25, 0.3) is 0 Å². The molecule has 1 saturated heterocycles. The van der Waals surface area contributed by atoms with Crippen LogP contribution in [-0.2, 0) is 4.74 Å². The van der Waals surface area contributed by atoms with E-state index in [0.717, 1.165) is 26.2 Å².